The number of benzene rings is 1. The van der Waals surface area contributed by atoms with Gasteiger partial charge in [-0.25, -0.2) is 0 Å². The molecule has 0 aliphatic heterocycles. The third kappa shape index (κ3) is 3.72. The molecule has 7 heteroatoms. The number of nitrogens with one attached hydrogen (secondary N) is 1. The summed E-state index contributed by atoms with van der Waals surface area (Å²) in [5.74, 6) is -0.556. The Morgan fingerprint density at radius 3 is 2.62 bits per heavy atom. The van der Waals surface area contributed by atoms with Crippen molar-refractivity contribution < 1.29 is 18.0 Å². The van der Waals surface area contributed by atoms with Gasteiger partial charge in [0.1, 0.15) is 0 Å². The molecule has 0 fully saturated rings. The van der Waals surface area contributed by atoms with E-state index in [1.165, 1.54) is 36.7 Å². The smallest absolute Gasteiger partial charge is 0.348 e. The summed E-state index contributed by atoms with van der Waals surface area (Å²) in [5, 5.41) is 2.56. The van der Waals surface area contributed by atoms with Gasteiger partial charge in [-0.1, -0.05) is 29.8 Å². The highest BCUT2D eigenvalue weighted by atomic mass is 35.5. The first-order chi connectivity index (χ1) is 9.89. The second-order valence-electron chi connectivity index (χ2n) is 4.19. The third-order valence-electron chi connectivity index (χ3n) is 2.78. The second-order valence-corrected chi connectivity index (χ2v) is 4.60. The largest absolute Gasteiger partial charge is 0.416 e. The number of pyridine rings is 1. The summed E-state index contributed by atoms with van der Waals surface area (Å²) >= 11 is 5.80. The van der Waals surface area contributed by atoms with E-state index in [-0.39, 0.29) is 22.7 Å². The minimum atomic E-state index is -4.46. The molecule has 0 bridgehead atoms. The van der Waals surface area contributed by atoms with Gasteiger partial charge in [0.2, 0.25) is 0 Å². The molecule has 21 heavy (non-hydrogen) atoms. The fourth-order valence-corrected chi connectivity index (χ4v) is 1.99. The van der Waals surface area contributed by atoms with Crippen LogP contribution < -0.4 is 5.32 Å². The van der Waals surface area contributed by atoms with Crippen LogP contribution >= 0.6 is 11.6 Å². The normalized spacial score (nSPS) is 11.2. The molecule has 1 N–H and O–H groups in total. The van der Waals surface area contributed by atoms with E-state index in [1.54, 1.807) is 0 Å². The number of nitrogens with zero attached hydrogens (tertiary/aromatic N) is 1. The maximum atomic E-state index is 12.8. The van der Waals surface area contributed by atoms with Crippen LogP contribution in [0.1, 0.15) is 21.5 Å². The molecule has 3 nitrogen and oxygen atoms in total. The zero-order chi connectivity index (χ0) is 15.5. The SMILES string of the molecule is O=C(NCc1ccccc1C(F)(F)F)c1ccncc1Cl. The maximum absolute atomic E-state index is 12.8. The molecule has 0 saturated carbocycles. The number of aromatic nitrogens is 1. The van der Waals surface area contributed by atoms with E-state index in [1.807, 2.05) is 0 Å². The molecule has 0 radical (unpaired) electrons. The Morgan fingerprint density at radius 2 is 1.95 bits per heavy atom. The van der Waals surface area contributed by atoms with Gasteiger partial charge in [0.25, 0.3) is 5.91 Å². The number of amides is 1. The lowest BCUT2D eigenvalue weighted by Gasteiger charge is -2.13. The standard InChI is InChI=1S/C14H10ClF3N2O/c15-12-8-19-6-5-10(12)13(21)20-7-9-3-1-2-4-11(9)14(16,17)18/h1-6,8H,7H2,(H,20,21). The van der Waals surface area contributed by atoms with Crippen LogP contribution in [0, 0.1) is 0 Å². The summed E-state index contributed by atoms with van der Waals surface area (Å²) in [4.78, 5) is 15.6. The van der Waals surface area contributed by atoms with Crippen molar-refractivity contribution >= 4 is 17.5 Å². The molecule has 0 atom stereocenters. The Hall–Kier alpha value is -2.08. The quantitative estimate of drug-likeness (QED) is 0.939. The second kappa shape index (κ2) is 6.13. The summed E-state index contributed by atoms with van der Waals surface area (Å²) in [5.41, 5.74) is -0.620. The van der Waals surface area contributed by atoms with Crippen LogP contribution in [0.5, 0.6) is 0 Å². The third-order valence-corrected chi connectivity index (χ3v) is 3.08. The Kier molecular flexibility index (Phi) is 4.47. The molecule has 1 aromatic heterocycles. The molecule has 0 aliphatic rings. The van der Waals surface area contributed by atoms with Crippen LogP contribution in [0.25, 0.3) is 0 Å². The van der Waals surface area contributed by atoms with Crippen molar-refractivity contribution in [3.05, 3.63) is 64.4 Å². The lowest BCUT2D eigenvalue weighted by atomic mass is 10.1. The number of carbonyl (C=O) groups is 1. The molecule has 2 rings (SSSR count). The molecule has 2 aromatic rings. The van der Waals surface area contributed by atoms with Crippen molar-refractivity contribution in [1.29, 1.82) is 0 Å². The van der Waals surface area contributed by atoms with E-state index in [9.17, 15) is 18.0 Å². The van der Waals surface area contributed by atoms with Crippen molar-refractivity contribution in [1.82, 2.24) is 10.3 Å². The first-order valence-electron chi connectivity index (χ1n) is 5.92. The summed E-state index contributed by atoms with van der Waals surface area (Å²) in [6.45, 7) is -0.243. The van der Waals surface area contributed by atoms with Crippen molar-refractivity contribution in [2.75, 3.05) is 0 Å². The van der Waals surface area contributed by atoms with Crippen molar-refractivity contribution in [2.24, 2.45) is 0 Å². The maximum Gasteiger partial charge on any atom is 0.416 e. The monoisotopic (exact) mass is 314 g/mol. The number of halogens is 4. The van der Waals surface area contributed by atoms with Gasteiger partial charge < -0.3 is 5.32 Å². The van der Waals surface area contributed by atoms with Crippen LogP contribution in [0.3, 0.4) is 0 Å². The van der Waals surface area contributed by atoms with Crippen LogP contribution in [-0.2, 0) is 12.7 Å². The Bertz CT molecular complexity index is 659. The highest BCUT2D eigenvalue weighted by molar-refractivity contribution is 6.33. The summed E-state index contributed by atoms with van der Waals surface area (Å²) in [6, 6.07) is 6.47. The summed E-state index contributed by atoms with van der Waals surface area (Å²) in [6.07, 6.45) is -1.79. The van der Waals surface area contributed by atoms with Gasteiger partial charge in [0, 0.05) is 18.9 Å². The van der Waals surface area contributed by atoms with Gasteiger partial charge in [-0.2, -0.15) is 13.2 Å². The van der Waals surface area contributed by atoms with Crippen molar-refractivity contribution in [3.63, 3.8) is 0 Å². The number of rotatable bonds is 3. The fraction of sp³-hybridized carbons (Fsp3) is 0.143. The highest BCUT2D eigenvalue weighted by Crippen LogP contribution is 2.31. The minimum Gasteiger partial charge on any atom is -0.348 e. The molecule has 1 amide bonds. The molecule has 0 unspecified atom stereocenters. The summed E-state index contributed by atoms with van der Waals surface area (Å²) in [7, 11) is 0. The van der Waals surface area contributed by atoms with Crippen LogP contribution in [-0.4, -0.2) is 10.9 Å². The van der Waals surface area contributed by atoms with E-state index >= 15 is 0 Å². The molecular weight excluding hydrogens is 305 g/mol. The van der Waals surface area contributed by atoms with Crippen molar-refractivity contribution in [3.8, 4) is 0 Å². The van der Waals surface area contributed by atoms with E-state index in [0.717, 1.165) is 6.07 Å². The minimum absolute atomic E-state index is 0.0106. The number of alkyl halides is 3. The Balaban J connectivity index is 2.14. The highest BCUT2D eigenvalue weighted by Gasteiger charge is 2.32. The van der Waals surface area contributed by atoms with Gasteiger partial charge in [-0.3, -0.25) is 9.78 Å². The molecule has 1 heterocycles. The Morgan fingerprint density at radius 1 is 1.24 bits per heavy atom. The van der Waals surface area contributed by atoms with Crippen LogP contribution in [0.4, 0.5) is 13.2 Å². The lowest BCUT2D eigenvalue weighted by Crippen LogP contribution is -2.24. The van der Waals surface area contributed by atoms with E-state index < -0.39 is 17.6 Å². The lowest BCUT2D eigenvalue weighted by molar-refractivity contribution is -0.138. The Labute approximate surface area is 123 Å². The van der Waals surface area contributed by atoms with Crippen LogP contribution in [0.15, 0.2) is 42.7 Å². The zero-order valence-electron chi connectivity index (χ0n) is 10.6. The van der Waals surface area contributed by atoms with Crippen molar-refractivity contribution in [2.45, 2.75) is 12.7 Å². The average molecular weight is 315 g/mol. The summed E-state index contributed by atoms with van der Waals surface area (Å²) < 4.78 is 38.5. The molecule has 1 aromatic carbocycles. The van der Waals surface area contributed by atoms with E-state index in [2.05, 4.69) is 10.3 Å². The number of hydrogen-bond donors (Lipinski definition) is 1. The average Bonchev–Trinajstić information content (AvgIpc) is 2.44. The van der Waals surface area contributed by atoms with E-state index in [4.69, 9.17) is 11.6 Å². The zero-order valence-corrected chi connectivity index (χ0v) is 11.4. The van der Waals surface area contributed by atoms with Gasteiger partial charge in [0.05, 0.1) is 16.1 Å². The molecule has 0 aliphatic carbocycles. The van der Waals surface area contributed by atoms with Gasteiger partial charge >= 0.3 is 6.18 Å². The molecule has 0 spiro atoms. The molecule has 110 valence electrons. The van der Waals surface area contributed by atoms with Gasteiger partial charge in [-0.15, -0.1) is 0 Å². The first-order valence-corrected chi connectivity index (χ1v) is 6.30. The molecule has 0 saturated heterocycles. The first kappa shape index (κ1) is 15.3. The van der Waals surface area contributed by atoms with Gasteiger partial charge in [-0.05, 0) is 17.7 Å². The molecular formula is C14H10ClF3N2O. The number of carbonyl (C=O) groups excluding carboxylic acids is 1. The predicted octanol–water partition coefficient (Wildman–Crippen LogP) is 3.68. The van der Waals surface area contributed by atoms with E-state index in [0.29, 0.717) is 0 Å². The predicted molar refractivity (Wildman–Crippen MR) is 71.9 cm³/mol. The fourth-order valence-electron chi connectivity index (χ4n) is 1.78. The van der Waals surface area contributed by atoms with Crippen LogP contribution in [0.2, 0.25) is 5.02 Å². The number of hydrogen-bond acceptors (Lipinski definition) is 2. The topological polar surface area (TPSA) is 42.0 Å². The van der Waals surface area contributed by atoms with Gasteiger partial charge in [0.15, 0.2) is 0 Å².